The van der Waals surface area contributed by atoms with Gasteiger partial charge in [-0.1, -0.05) is 35.5 Å². The minimum Gasteiger partial charge on any atom is -0.341 e. The molecule has 2 aromatic rings. The van der Waals surface area contributed by atoms with Crippen LogP contribution in [-0.2, 0) is 17.5 Å². The lowest BCUT2D eigenvalue weighted by Gasteiger charge is -2.18. The van der Waals surface area contributed by atoms with Crippen molar-refractivity contribution >= 4 is 17.7 Å². The van der Waals surface area contributed by atoms with Crippen LogP contribution in [-0.4, -0.2) is 38.5 Å². The van der Waals surface area contributed by atoms with Crippen molar-refractivity contribution in [2.24, 2.45) is 0 Å². The number of carbonyl (C=O) groups is 1. The van der Waals surface area contributed by atoms with Gasteiger partial charge in [-0.05, 0) is 25.0 Å². The van der Waals surface area contributed by atoms with Gasteiger partial charge in [0.25, 0.3) is 5.82 Å². The molecule has 2 rings (SSSR count). The molecule has 1 heterocycles. The van der Waals surface area contributed by atoms with Crippen molar-refractivity contribution in [1.82, 2.24) is 19.8 Å². The Kier molecular flexibility index (Phi) is 5.61. The third-order valence-corrected chi connectivity index (χ3v) is 4.50. The van der Waals surface area contributed by atoms with Crippen molar-refractivity contribution in [2.75, 3.05) is 18.6 Å². The number of rotatable bonds is 5. The number of aromatic nitrogens is 3. The Morgan fingerprint density at radius 1 is 1.32 bits per heavy atom. The molecule has 0 fully saturated rings. The summed E-state index contributed by atoms with van der Waals surface area (Å²) in [5.41, 5.74) is 3.21. The molecule has 0 unspecified atom stereocenters. The average Bonchev–Trinajstić information content (AvgIpc) is 2.88. The molecule has 1 aromatic heterocycles. The van der Waals surface area contributed by atoms with Crippen molar-refractivity contribution in [1.29, 1.82) is 0 Å². The highest BCUT2D eigenvalue weighted by Crippen LogP contribution is 2.28. The molecule has 1 aromatic carbocycles. The second kappa shape index (κ2) is 7.34. The lowest BCUT2D eigenvalue weighted by molar-refractivity contribution is -0.146. The fourth-order valence-corrected chi connectivity index (χ4v) is 2.97. The van der Waals surface area contributed by atoms with Crippen molar-refractivity contribution in [3.8, 4) is 0 Å². The topological polar surface area (TPSA) is 77.0 Å². The zero-order valence-corrected chi connectivity index (χ0v) is 14.8. The van der Waals surface area contributed by atoms with Crippen molar-refractivity contribution in [3.05, 3.63) is 40.7 Å². The van der Waals surface area contributed by atoms with E-state index in [1.165, 1.54) is 4.90 Å². The van der Waals surface area contributed by atoms with E-state index in [1.54, 1.807) is 7.05 Å². The van der Waals surface area contributed by atoms with E-state index in [-0.39, 0.29) is 16.8 Å². The van der Waals surface area contributed by atoms with Gasteiger partial charge in [0, 0.05) is 13.6 Å². The SMILES string of the molecule is Cc1ccc(CN(C)C(=O)CSc2nnc(C(F)(F)F)n2N)c(C)c1. The van der Waals surface area contributed by atoms with Gasteiger partial charge >= 0.3 is 6.18 Å². The zero-order valence-electron chi connectivity index (χ0n) is 14.0. The minimum atomic E-state index is -4.69. The first-order chi connectivity index (χ1) is 11.6. The van der Waals surface area contributed by atoms with Gasteiger partial charge in [0.2, 0.25) is 11.1 Å². The molecule has 2 N–H and O–H groups in total. The number of hydrogen-bond donors (Lipinski definition) is 1. The Labute approximate surface area is 147 Å². The summed E-state index contributed by atoms with van der Waals surface area (Å²) in [5.74, 6) is 3.70. The number of hydrogen-bond acceptors (Lipinski definition) is 5. The van der Waals surface area contributed by atoms with E-state index in [4.69, 9.17) is 5.84 Å². The first-order valence-corrected chi connectivity index (χ1v) is 8.28. The summed E-state index contributed by atoms with van der Waals surface area (Å²) in [6.45, 7) is 4.36. The number of nitrogens with zero attached hydrogens (tertiary/aromatic N) is 4. The van der Waals surface area contributed by atoms with Crippen LogP contribution in [0.15, 0.2) is 23.4 Å². The van der Waals surface area contributed by atoms with Crippen LogP contribution in [0.4, 0.5) is 13.2 Å². The molecule has 0 radical (unpaired) electrons. The molecule has 0 aliphatic carbocycles. The molecule has 0 spiro atoms. The molecular formula is C15H18F3N5OS. The average molecular weight is 373 g/mol. The maximum Gasteiger partial charge on any atom is 0.453 e. The van der Waals surface area contributed by atoms with Crippen LogP contribution in [0, 0.1) is 13.8 Å². The Bertz CT molecular complexity index is 775. The summed E-state index contributed by atoms with van der Waals surface area (Å²) >= 11 is 0.811. The second-order valence-electron chi connectivity index (χ2n) is 5.64. The van der Waals surface area contributed by atoms with Gasteiger partial charge in [0.05, 0.1) is 5.75 Å². The number of carbonyl (C=O) groups excluding carboxylic acids is 1. The van der Waals surface area contributed by atoms with Crippen LogP contribution in [0.5, 0.6) is 0 Å². The van der Waals surface area contributed by atoms with E-state index in [0.717, 1.165) is 28.5 Å². The van der Waals surface area contributed by atoms with Gasteiger partial charge in [0.15, 0.2) is 0 Å². The molecule has 1 amide bonds. The third kappa shape index (κ3) is 4.65. The third-order valence-electron chi connectivity index (χ3n) is 3.57. The largest absolute Gasteiger partial charge is 0.453 e. The number of halogens is 3. The fraction of sp³-hybridized carbons (Fsp3) is 0.400. The van der Waals surface area contributed by atoms with E-state index >= 15 is 0 Å². The second-order valence-corrected chi connectivity index (χ2v) is 6.58. The molecule has 0 atom stereocenters. The lowest BCUT2D eigenvalue weighted by Crippen LogP contribution is -2.28. The summed E-state index contributed by atoms with van der Waals surface area (Å²) in [7, 11) is 1.64. The summed E-state index contributed by atoms with van der Waals surface area (Å²) in [6, 6.07) is 5.94. The van der Waals surface area contributed by atoms with E-state index in [0.29, 0.717) is 11.2 Å². The van der Waals surface area contributed by atoms with Crippen LogP contribution in [0.2, 0.25) is 0 Å². The Morgan fingerprint density at radius 3 is 2.56 bits per heavy atom. The number of nitrogens with two attached hydrogens (primary N) is 1. The van der Waals surface area contributed by atoms with Gasteiger partial charge in [-0.15, -0.1) is 10.2 Å². The molecule has 0 saturated heterocycles. The highest BCUT2D eigenvalue weighted by Gasteiger charge is 2.38. The van der Waals surface area contributed by atoms with E-state index in [1.807, 2.05) is 32.0 Å². The maximum atomic E-state index is 12.6. The Balaban J connectivity index is 1.97. The molecule has 25 heavy (non-hydrogen) atoms. The quantitative estimate of drug-likeness (QED) is 0.643. The number of aryl methyl sites for hydroxylation is 2. The van der Waals surface area contributed by atoms with Crippen molar-refractivity contribution < 1.29 is 18.0 Å². The number of benzene rings is 1. The summed E-state index contributed by atoms with van der Waals surface area (Å²) in [5, 5.41) is 6.23. The fourth-order valence-electron chi connectivity index (χ4n) is 2.17. The van der Waals surface area contributed by atoms with Crippen molar-refractivity contribution in [3.63, 3.8) is 0 Å². The number of amides is 1. The smallest absolute Gasteiger partial charge is 0.341 e. The van der Waals surface area contributed by atoms with Crippen LogP contribution >= 0.6 is 11.8 Å². The summed E-state index contributed by atoms with van der Waals surface area (Å²) in [4.78, 5) is 13.7. The number of alkyl halides is 3. The lowest BCUT2D eigenvalue weighted by atomic mass is 10.1. The molecule has 0 bridgehead atoms. The van der Waals surface area contributed by atoms with Crippen LogP contribution in [0.3, 0.4) is 0 Å². The molecule has 0 saturated carbocycles. The van der Waals surface area contributed by atoms with Crippen molar-refractivity contribution in [2.45, 2.75) is 31.7 Å². The molecule has 0 aliphatic heterocycles. The standard InChI is InChI=1S/C15H18F3N5OS/c1-9-4-5-11(10(2)6-9)7-22(3)12(24)8-25-14-21-20-13(23(14)19)15(16,17)18/h4-6H,7-8,19H2,1-3H3. The first kappa shape index (κ1) is 19.1. The van der Waals surface area contributed by atoms with Gasteiger partial charge in [-0.3, -0.25) is 4.79 Å². The van der Waals surface area contributed by atoms with Crippen LogP contribution in [0.1, 0.15) is 22.5 Å². The predicted octanol–water partition coefficient (Wildman–Crippen LogP) is 2.38. The van der Waals surface area contributed by atoms with Gasteiger partial charge in [-0.2, -0.15) is 13.2 Å². The Morgan fingerprint density at radius 2 is 2.00 bits per heavy atom. The molecular weight excluding hydrogens is 355 g/mol. The van der Waals surface area contributed by atoms with E-state index < -0.39 is 12.0 Å². The predicted molar refractivity (Wildman–Crippen MR) is 88.3 cm³/mol. The minimum absolute atomic E-state index is 0.0887. The molecule has 6 nitrogen and oxygen atoms in total. The van der Waals surface area contributed by atoms with Crippen LogP contribution < -0.4 is 5.84 Å². The van der Waals surface area contributed by atoms with E-state index in [2.05, 4.69) is 10.2 Å². The maximum absolute atomic E-state index is 12.6. The molecule has 10 heteroatoms. The highest BCUT2D eigenvalue weighted by atomic mass is 32.2. The summed E-state index contributed by atoms with van der Waals surface area (Å²) in [6.07, 6.45) is -4.69. The zero-order chi connectivity index (χ0) is 18.8. The highest BCUT2D eigenvalue weighted by molar-refractivity contribution is 7.99. The van der Waals surface area contributed by atoms with Gasteiger partial charge < -0.3 is 10.7 Å². The first-order valence-electron chi connectivity index (χ1n) is 7.30. The molecule has 136 valence electrons. The monoisotopic (exact) mass is 373 g/mol. The number of thioether (sulfide) groups is 1. The normalized spacial score (nSPS) is 11.6. The molecule has 0 aliphatic rings. The van der Waals surface area contributed by atoms with Gasteiger partial charge in [-0.25, -0.2) is 4.68 Å². The van der Waals surface area contributed by atoms with Crippen LogP contribution in [0.25, 0.3) is 0 Å². The number of nitrogen functional groups attached to an aromatic ring is 1. The van der Waals surface area contributed by atoms with E-state index in [9.17, 15) is 18.0 Å². The summed E-state index contributed by atoms with van der Waals surface area (Å²) < 4.78 is 38.2. The van der Waals surface area contributed by atoms with Gasteiger partial charge in [0.1, 0.15) is 0 Å². The Hall–Kier alpha value is -2.23.